The van der Waals surface area contributed by atoms with E-state index in [1.807, 2.05) is 48.5 Å². The number of hydrogen-bond donors (Lipinski definition) is 1. The lowest BCUT2D eigenvalue weighted by Gasteiger charge is -2.38. The standard InChI is InChI=1S/C29H30N4O4/c34-29(30-13-12-21-6-2-1-3-7-21)28(27-23-8-4-5-9-24(23)37-31-27)33-16-14-32(15-17-33)19-22-10-11-25-26(18-22)36-20-35-25/h1-11,18,28H,12-17,19-20H2,(H,30,34). The number of rotatable bonds is 8. The number of benzene rings is 3. The van der Waals surface area contributed by atoms with Gasteiger partial charge in [-0.25, -0.2) is 0 Å². The van der Waals surface area contributed by atoms with Crippen molar-refractivity contribution in [2.24, 2.45) is 0 Å². The Kier molecular flexibility index (Phi) is 6.75. The third kappa shape index (κ3) is 5.16. The lowest BCUT2D eigenvalue weighted by atomic mass is 10.0. The van der Waals surface area contributed by atoms with Crippen LogP contribution in [0.3, 0.4) is 0 Å². The van der Waals surface area contributed by atoms with Crippen LogP contribution in [0.1, 0.15) is 22.9 Å². The molecule has 1 aromatic heterocycles. The van der Waals surface area contributed by atoms with E-state index in [0.717, 1.165) is 56.0 Å². The molecular weight excluding hydrogens is 468 g/mol. The van der Waals surface area contributed by atoms with Crippen LogP contribution in [0.25, 0.3) is 11.0 Å². The summed E-state index contributed by atoms with van der Waals surface area (Å²) in [5.74, 6) is 1.56. The van der Waals surface area contributed by atoms with Crippen molar-refractivity contribution >= 4 is 16.9 Å². The summed E-state index contributed by atoms with van der Waals surface area (Å²) in [6.45, 7) is 4.87. The minimum atomic E-state index is -0.507. The molecular formula is C29H30N4O4. The van der Waals surface area contributed by atoms with Crippen molar-refractivity contribution in [3.63, 3.8) is 0 Å². The number of fused-ring (bicyclic) bond motifs is 2. The van der Waals surface area contributed by atoms with Crippen LogP contribution in [-0.4, -0.2) is 60.4 Å². The smallest absolute Gasteiger partial charge is 0.243 e. The van der Waals surface area contributed by atoms with Gasteiger partial charge in [-0.05, 0) is 41.8 Å². The predicted octanol–water partition coefficient (Wildman–Crippen LogP) is 3.77. The number of nitrogens with zero attached hydrogens (tertiary/aromatic N) is 3. The molecule has 0 aliphatic carbocycles. The second-order valence-electron chi connectivity index (χ2n) is 9.49. The Morgan fingerprint density at radius 3 is 2.54 bits per heavy atom. The van der Waals surface area contributed by atoms with E-state index in [-0.39, 0.29) is 12.7 Å². The minimum absolute atomic E-state index is 0.0424. The third-order valence-electron chi connectivity index (χ3n) is 7.08. The van der Waals surface area contributed by atoms with E-state index in [2.05, 4.69) is 44.5 Å². The first-order chi connectivity index (χ1) is 18.2. The minimum Gasteiger partial charge on any atom is -0.454 e. The van der Waals surface area contributed by atoms with E-state index in [9.17, 15) is 4.79 Å². The molecule has 37 heavy (non-hydrogen) atoms. The maximum absolute atomic E-state index is 13.6. The average Bonchev–Trinajstić information content (AvgIpc) is 3.58. The molecule has 1 atom stereocenters. The summed E-state index contributed by atoms with van der Waals surface area (Å²) in [5, 5.41) is 8.40. The van der Waals surface area contributed by atoms with Gasteiger partial charge < -0.3 is 19.3 Å². The van der Waals surface area contributed by atoms with E-state index in [4.69, 9.17) is 14.0 Å². The molecule has 8 nitrogen and oxygen atoms in total. The highest BCUT2D eigenvalue weighted by molar-refractivity contribution is 5.89. The molecule has 2 aliphatic rings. The number of nitrogens with one attached hydrogen (secondary N) is 1. The van der Waals surface area contributed by atoms with Crippen LogP contribution in [0.2, 0.25) is 0 Å². The molecule has 0 spiro atoms. The fraction of sp³-hybridized carbons (Fsp3) is 0.310. The Morgan fingerprint density at radius 1 is 0.892 bits per heavy atom. The molecule has 2 aliphatic heterocycles. The quantitative estimate of drug-likeness (QED) is 0.396. The lowest BCUT2D eigenvalue weighted by Crippen LogP contribution is -2.51. The SMILES string of the molecule is O=C(NCCc1ccccc1)C(c1noc2ccccc12)N1CCN(Cc2ccc3c(c2)OCO3)CC1. The van der Waals surface area contributed by atoms with Gasteiger partial charge in [0.25, 0.3) is 0 Å². The molecule has 1 amide bonds. The first kappa shape index (κ1) is 23.5. The zero-order chi connectivity index (χ0) is 25.0. The van der Waals surface area contributed by atoms with Crippen molar-refractivity contribution in [1.29, 1.82) is 0 Å². The van der Waals surface area contributed by atoms with Gasteiger partial charge in [-0.1, -0.05) is 53.7 Å². The Morgan fingerprint density at radius 2 is 1.68 bits per heavy atom. The highest BCUT2D eigenvalue weighted by atomic mass is 16.7. The molecule has 1 N–H and O–H groups in total. The van der Waals surface area contributed by atoms with E-state index in [1.165, 1.54) is 11.1 Å². The van der Waals surface area contributed by atoms with Crippen molar-refractivity contribution in [2.45, 2.75) is 19.0 Å². The Balaban J connectivity index is 1.15. The number of para-hydroxylation sites is 1. The Labute approximate surface area is 215 Å². The summed E-state index contributed by atoms with van der Waals surface area (Å²) in [6, 6.07) is 23.5. The fourth-order valence-corrected chi connectivity index (χ4v) is 5.11. The molecule has 3 aromatic carbocycles. The van der Waals surface area contributed by atoms with Gasteiger partial charge in [0, 0.05) is 44.7 Å². The van der Waals surface area contributed by atoms with Gasteiger partial charge >= 0.3 is 0 Å². The molecule has 0 bridgehead atoms. The van der Waals surface area contributed by atoms with Gasteiger partial charge in [-0.3, -0.25) is 14.6 Å². The average molecular weight is 499 g/mol. The van der Waals surface area contributed by atoms with Gasteiger partial charge in [0.1, 0.15) is 11.7 Å². The van der Waals surface area contributed by atoms with Crippen LogP contribution in [0, 0.1) is 0 Å². The molecule has 1 unspecified atom stereocenters. The van der Waals surface area contributed by atoms with Gasteiger partial charge in [-0.2, -0.15) is 0 Å². The van der Waals surface area contributed by atoms with Crippen LogP contribution >= 0.6 is 0 Å². The van der Waals surface area contributed by atoms with Crippen LogP contribution in [0.5, 0.6) is 11.5 Å². The van der Waals surface area contributed by atoms with Crippen molar-refractivity contribution in [1.82, 2.24) is 20.3 Å². The van der Waals surface area contributed by atoms with E-state index in [0.29, 0.717) is 17.8 Å². The summed E-state index contributed by atoms with van der Waals surface area (Å²) in [6.07, 6.45) is 0.780. The molecule has 8 heteroatoms. The molecule has 0 radical (unpaired) electrons. The largest absolute Gasteiger partial charge is 0.454 e. The zero-order valence-corrected chi connectivity index (χ0v) is 20.6. The van der Waals surface area contributed by atoms with Gasteiger partial charge in [0.05, 0.1) is 0 Å². The first-order valence-corrected chi connectivity index (χ1v) is 12.8. The normalized spacial score (nSPS) is 16.6. The van der Waals surface area contributed by atoms with Crippen molar-refractivity contribution < 1.29 is 18.8 Å². The monoisotopic (exact) mass is 498 g/mol. The summed E-state index contributed by atoms with van der Waals surface area (Å²) >= 11 is 0. The topological polar surface area (TPSA) is 80.1 Å². The van der Waals surface area contributed by atoms with Crippen LogP contribution < -0.4 is 14.8 Å². The van der Waals surface area contributed by atoms with Crippen LogP contribution in [0.4, 0.5) is 0 Å². The zero-order valence-electron chi connectivity index (χ0n) is 20.6. The van der Waals surface area contributed by atoms with Crippen LogP contribution in [-0.2, 0) is 17.8 Å². The first-order valence-electron chi connectivity index (χ1n) is 12.8. The number of carbonyl (C=O) groups excluding carboxylic acids is 1. The number of carbonyl (C=O) groups is 1. The van der Waals surface area contributed by atoms with Crippen molar-refractivity contribution in [3.8, 4) is 11.5 Å². The lowest BCUT2D eigenvalue weighted by molar-refractivity contribution is -0.127. The molecule has 1 saturated heterocycles. The van der Waals surface area contributed by atoms with Crippen LogP contribution in [0.15, 0.2) is 77.3 Å². The predicted molar refractivity (Wildman–Crippen MR) is 139 cm³/mol. The van der Waals surface area contributed by atoms with Gasteiger partial charge in [-0.15, -0.1) is 0 Å². The molecule has 4 aromatic rings. The second kappa shape index (κ2) is 10.6. The molecule has 190 valence electrons. The molecule has 6 rings (SSSR count). The maximum atomic E-state index is 13.6. The van der Waals surface area contributed by atoms with Crippen molar-refractivity contribution in [2.75, 3.05) is 39.5 Å². The van der Waals surface area contributed by atoms with E-state index in [1.54, 1.807) is 0 Å². The van der Waals surface area contributed by atoms with Gasteiger partial charge in [0.15, 0.2) is 17.1 Å². The number of ether oxygens (including phenoxy) is 2. The highest BCUT2D eigenvalue weighted by Gasteiger charge is 2.34. The van der Waals surface area contributed by atoms with Gasteiger partial charge in [0.2, 0.25) is 12.7 Å². The maximum Gasteiger partial charge on any atom is 0.243 e. The fourth-order valence-electron chi connectivity index (χ4n) is 5.11. The molecule has 3 heterocycles. The number of piperazine rings is 1. The number of aromatic nitrogens is 1. The summed E-state index contributed by atoms with van der Waals surface area (Å²) < 4.78 is 16.6. The summed E-state index contributed by atoms with van der Waals surface area (Å²) in [5.41, 5.74) is 3.76. The Bertz CT molecular complexity index is 1360. The summed E-state index contributed by atoms with van der Waals surface area (Å²) in [7, 11) is 0. The Hall–Kier alpha value is -3.88. The van der Waals surface area contributed by atoms with E-state index >= 15 is 0 Å². The number of amides is 1. The highest BCUT2D eigenvalue weighted by Crippen LogP contribution is 2.33. The van der Waals surface area contributed by atoms with Crippen molar-refractivity contribution in [3.05, 3.63) is 89.6 Å². The summed E-state index contributed by atoms with van der Waals surface area (Å²) in [4.78, 5) is 18.2. The molecule has 0 saturated carbocycles. The second-order valence-corrected chi connectivity index (χ2v) is 9.49. The van der Waals surface area contributed by atoms with E-state index < -0.39 is 6.04 Å². The molecule has 1 fully saturated rings. The third-order valence-corrected chi connectivity index (χ3v) is 7.08. The number of hydrogen-bond acceptors (Lipinski definition) is 7.